The number of carbonyl (C=O) groups excluding carboxylic acids is 1. The first kappa shape index (κ1) is 9.86. The lowest BCUT2D eigenvalue weighted by molar-refractivity contribution is 0.102. The molecule has 0 atom stereocenters. The average Bonchev–Trinajstić information content (AvgIpc) is 2.65. The number of carbonyl (C=O) groups is 1. The zero-order valence-electron chi connectivity index (χ0n) is 8.01. The molecule has 15 heavy (non-hydrogen) atoms. The highest BCUT2D eigenvalue weighted by molar-refractivity contribution is 6.30. The Morgan fingerprint density at radius 3 is 2.67 bits per heavy atom. The molecule has 2 rings (SSSR count). The van der Waals surface area contributed by atoms with Gasteiger partial charge in [-0.15, -0.1) is 0 Å². The molecular weight excluding hydrogens is 214 g/mol. The number of hydrogen-bond donors (Lipinski definition) is 0. The maximum Gasteiger partial charge on any atom is 0.231 e. The molecule has 0 radical (unpaired) electrons. The number of aromatic nitrogens is 3. The van der Waals surface area contributed by atoms with Gasteiger partial charge in [0.25, 0.3) is 0 Å². The summed E-state index contributed by atoms with van der Waals surface area (Å²) < 4.78 is 1.57. The van der Waals surface area contributed by atoms with E-state index in [0.29, 0.717) is 16.4 Å². The van der Waals surface area contributed by atoms with Crippen molar-refractivity contribution in [3.05, 3.63) is 47.0 Å². The molecule has 0 aliphatic carbocycles. The van der Waals surface area contributed by atoms with Crippen LogP contribution in [0.2, 0.25) is 5.02 Å². The van der Waals surface area contributed by atoms with Gasteiger partial charge in [-0.05, 0) is 18.2 Å². The third kappa shape index (κ3) is 2.05. The standard InChI is InChI=1S/C10H8ClN3O/c1-14-5-4-9(13-14)10(15)8-3-2-7(11)6-12-8/h2-6H,1H3. The van der Waals surface area contributed by atoms with Crippen molar-refractivity contribution < 1.29 is 4.79 Å². The van der Waals surface area contributed by atoms with E-state index in [2.05, 4.69) is 10.1 Å². The fourth-order valence-electron chi connectivity index (χ4n) is 1.18. The number of ketones is 1. The largest absolute Gasteiger partial charge is 0.285 e. The Hall–Kier alpha value is -1.68. The van der Waals surface area contributed by atoms with Gasteiger partial charge >= 0.3 is 0 Å². The minimum atomic E-state index is -0.202. The van der Waals surface area contributed by atoms with Crippen LogP contribution in [0.3, 0.4) is 0 Å². The highest BCUT2D eigenvalue weighted by atomic mass is 35.5. The second-order valence-electron chi connectivity index (χ2n) is 3.07. The van der Waals surface area contributed by atoms with Crippen LogP contribution in [0.1, 0.15) is 16.2 Å². The van der Waals surface area contributed by atoms with E-state index >= 15 is 0 Å². The van der Waals surface area contributed by atoms with Crippen LogP contribution in [0.15, 0.2) is 30.6 Å². The molecule has 0 fully saturated rings. The van der Waals surface area contributed by atoms with Crippen LogP contribution >= 0.6 is 11.6 Å². The zero-order chi connectivity index (χ0) is 10.8. The van der Waals surface area contributed by atoms with Gasteiger partial charge < -0.3 is 0 Å². The van der Waals surface area contributed by atoms with Gasteiger partial charge in [0.2, 0.25) is 5.78 Å². The van der Waals surface area contributed by atoms with Crippen LogP contribution in [0, 0.1) is 0 Å². The molecule has 0 bridgehead atoms. The second kappa shape index (κ2) is 3.82. The van der Waals surface area contributed by atoms with Crippen molar-refractivity contribution in [3.8, 4) is 0 Å². The maximum absolute atomic E-state index is 11.8. The molecule has 76 valence electrons. The molecule has 0 aromatic carbocycles. The summed E-state index contributed by atoms with van der Waals surface area (Å²) in [6.07, 6.45) is 3.15. The number of aryl methyl sites for hydroxylation is 1. The van der Waals surface area contributed by atoms with Crippen molar-refractivity contribution in [2.75, 3.05) is 0 Å². The third-order valence-corrected chi connectivity index (χ3v) is 2.13. The predicted octanol–water partition coefficient (Wildman–Crippen LogP) is 1.70. The molecule has 0 saturated carbocycles. The number of hydrogen-bond acceptors (Lipinski definition) is 3. The number of pyridine rings is 1. The molecule has 2 aromatic heterocycles. The first-order valence-electron chi connectivity index (χ1n) is 4.33. The first-order valence-corrected chi connectivity index (χ1v) is 4.70. The topological polar surface area (TPSA) is 47.8 Å². The van der Waals surface area contributed by atoms with Crippen LogP contribution < -0.4 is 0 Å². The van der Waals surface area contributed by atoms with E-state index in [4.69, 9.17) is 11.6 Å². The van der Waals surface area contributed by atoms with Crippen molar-refractivity contribution >= 4 is 17.4 Å². The number of nitrogens with zero attached hydrogens (tertiary/aromatic N) is 3. The van der Waals surface area contributed by atoms with Crippen molar-refractivity contribution in [1.29, 1.82) is 0 Å². The van der Waals surface area contributed by atoms with Crippen molar-refractivity contribution in [2.24, 2.45) is 7.05 Å². The van der Waals surface area contributed by atoms with Gasteiger partial charge in [0.15, 0.2) is 0 Å². The minimum Gasteiger partial charge on any atom is -0.285 e. The van der Waals surface area contributed by atoms with E-state index in [9.17, 15) is 4.79 Å². The summed E-state index contributed by atoms with van der Waals surface area (Å²) in [7, 11) is 1.76. The monoisotopic (exact) mass is 221 g/mol. The summed E-state index contributed by atoms with van der Waals surface area (Å²) in [5.41, 5.74) is 0.727. The Bertz CT molecular complexity index is 490. The summed E-state index contributed by atoms with van der Waals surface area (Å²) in [6.45, 7) is 0. The molecule has 2 aromatic rings. The Morgan fingerprint density at radius 2 is 2.13 bits per heavy atom. The molecule has 2 heterocycles. The van der Waals surface area contributed by atoms with E-state index in [0.717, 1.165) is 0 Å². The molecule has 0 N–H and O–H groups in total. The van der Waals surface area contributed by atoms with Crippen molar-refractivity contribution in [1.82, 2.24) is 14.8 Å². The molecule has 0 unspecified atom stereocenters. The summed E-state index contributed by atoms with van der Waals surface area (Å²) in [6, 6.07) is 4.86. The third-order valence-electron chi connectivity index (χ3n) is 1.91. The van der Waals surface area contributed by atoms with Gasteiger partial charge in [-0.3, -0.25) is 14.5 Å². The second-order valence-corrected chi connectivity index (χ2v) is 3.50. The van der Waals surface area contributed by atoms with Crippen LogP contribution in [0.5, 0.6) is 0 Å². The molecule has 0 aliphatic heterocycles. The maximum atomic E-state index is 11.8. The summed E-state index contributed by atoms with van der Waals surface area (Å²) in [5, 5.41) is 4.51. The summed E-state index contributed by atoms with van der Waals surface area (Å²) in [4.78, 5) is 15.7. The zero-order valence-corrected chi connectivity index (χ0v) is 8.77. The Morgan fingerprint density at radius 1 is 1.33 bits per heavy atom. The van der Waals surface area contributed by atoms with Gasteiger partial charge in [0, 0.05) is 19.4 Å². The van der Waals surface area contributed by atoms with E-state index in [1.54, 1.807) is 36.1 Å². The predicted molar refractivity (Wildman–Crippen MR) is 55.9 cm³/mol. The van der Waals surface area contributed by atoms with Gasteiger partial charge in [-0.1, -0.05) is 11.6 Å². The van der Waals surface area contributed by atoms with Crippen LogP contribution in [0.4, 0.5) is 0 Å². The fourth-order valence-corrected chi connectivity index (χ4v) is 1.29. The normalized spacial score (nSPS) is 10.3. The van der Waals surface area contributed by atoms with Crippen LogP contribution in [0.25, 0.3) is 0 Å². The fraction of sp³-hybridized carbons (Fsp3) is 0.100. The number of rotatable bonds is 2. The Balaban J connectivity index is 2.32. The van der Waals surface area contributed by atoms with Gasteiger partial charge in [-0.2, -0.15) is 5.10 Å². The van der Waals surface area contributed by atoms with E-state index in [-0.39, 0.29) is 5.78 Å². The first-order chi connectivity index (χ1) is 7.16. The van der Waals surface area contributed by atoms with E-state index in [1.807, 2.05) is 0 Å². The average molecular weight is 222 g/mol. The Labute approximate surface area is 91.5 Å². The Kier molecular flexibility index (Phi) is 2.51. The lowest BCUT2D eigenvalue weighted by Crippen LogP contribution is -2.05. The highest BCUT2D eigenvalue weighted by Crippen LogP contribution is 2.09. The van der Waals surface area contributed by atoms with E-state index < -0.39 is 0 Å². The lowest BCUT2D eigenvalue weighted by atomic mass is 10.2. The molecule has 0 aliphatic rings. The molecule has 0 saturated heterocycles. The van der Waals surface area contributed by atoms with Crippen LogP contribution in [-0.2, 0) is 7.05 Å². The minimum absolute atomic E-state index is 0.202. The smallest absolute Gasteiger partial charge is 0.231 e. The van der Waals surface area contributed by atoms with Gasteiger partial charge in [0.1, 0.15) is 11.4 Å². The lowest BCUT2D eigenvalue weighted by Gasteiger charge is -1.96. The number of halogens is 1. The quantitative estimate of drug-likeness (QED) is 0.726. The van der Waals surface area contributed by atoms with Crippen molar-refractivity contribution in [3.63, 3.8) is 0 Å². The van der Waals surface area contributed by atoms with Gasteiger partial charge in [0.05, 0.1) is 5.02 Å². The van der Waals surface area contributed by atoms with Gasteiger partial charge in [-0.25, -0.2) is 0 Å². The summed E-state index contributed by atoms with van der Waals surface area (Å²) in [5.74, 6) is -0.202. The van der Waals surface area contributed by atoms with E-state index in [1.165, 1.54) is 6.20 Å². The molecule has 0 spiro atoms. The molecule has 5 heteroatoms. The molecule has 0 amide bonds. The SMILES string of the molecule is Cn1ccc(C(=O)c2ccc(Cl)cn2)n1. The summed E-state index contributed by atoms with van der Waals surface area (Å²) >= 11 is 5.67. The van der Waals surface area contributed by atoms with Crippen molar-refractivity contribution in [2.45, 2.75) is 0 Å². The highest BCUT2D eigenvalue weighted by Gasteiger charge is 2.12. The van der Waals surface area contributed by atoms with Crippen LogP contribution in [-0.4, -0.2) is 20.5 Å². The molecular formula is C10H8ClN3O. The molecule has 4 nitrogen and oxygen atoms in total.